The molecule has 10 heteroatoms. The zero-order chi connectivity index (χ0) is 24.0. The number of para-hydroxylation sites is 1. The minimum Gasteiger partial charge on any atom is -0.492 e. The first-order valence-electron chi connectivity index (χ1n) is 9.82. The molecule has 0 bridgehead atoms. The van der Waals surface area contributed by atoms with Gasteiger partial charge in [-0.2, -0.15) is 13.2 Å². The number of hydrogen-bond acceptors (Lipinski definition) is 5. The Morgan fingerprint density at radius 2 is 1.88 bits per heavy atom. The molecular formula is C23H16ClF3O6. The summed E-state index contributed by atoms with van der Waals surface area (Å²) in [5.41, 5.74) is -2.01. The normalized spacial score (nSPS) is 14.8. The van der Waals surface area contributed by atoms with E-state index in [0.29, 0.717) is 12.8 Å². The quantitative estimate of drug-likeness (QED) is 0.459. The number of ether oxygens (including phenoxy) is 1. The average Bonchev–Trinajstić information content (AvgIpc) is 3.51. The van der Waals surface area contributed by atoms with E-state index in [-0.39, 0.29) is 46.1 Å². The first kappa shape index (κ1) is 22.8. The van der Waals surface area contributed by atoms with Crippen LogP contribution in [0.1, 0.15) is 24.8 Å². The summed E-state index contributed by atoms with van der Waals surface area (Å²) < 4.78 is 51.4. The van der Waals surface area contributed by atoms with Crippen molar-refractivity contribution >= 4 is 34.3 Å². The lowest BCUT2D eigenvalue weighted by atomic mass is 10.0. The van der Waals surface area contributed by atoms with Crippen molar-refractivity contribution in [3.8, 4) is 17.1 Å². The van der Waals surface area contributed by atoms with Gasteiger partial charge in [-0.3, -0.25) is 9.59 Å². The standard InChI is InChI=1S/C23H16ClF3O6/c24-15-3-1-2-13-16(28)9-19(33-20(13)15)14-5-4-12(23(25,26)27)8-18(14)32-11-22(6-7-22)10-17(29)21(30)31/h1-5,8-9H,6-7,10-11H2,(H,30,31). The van der Waals surface area contributed by atoms with E-state index in [0.717, 1.165) is 24.3 Å². The summed E-state index contributed by atoms with van der Waals surface area (Å²) in [5, 5.41) is 9.21. The molecule has 1 aromatic heterocycles. The van der Waals surface area contributed by atoms with E-state index in [4.69, 9.17) is 25.9 Å². The first-order chi connectivity index (χ1) is 15.5. The van der Waals surface area contributed by atoms with Crippen LogP contribution in [0.25, 0.3) is 22.3 Å². The maximum atomic E-state index is 13.3. The molecule has 1 fully saturated rings. The van der Waals surface area contributed by atoms with Crippen molar-refractivity contribution in [3.05, 3.63) is 63.3 Å². The van der Waals surface area contributed by atoms with E-state index in [1.807, 2.05) is 0 Å². The van der Waals surface area contributed by atoms with Crippen LogP contribution < -0.4 is 10.2 Å². The van der Waals surface area contributed by atoms with Gasteiger partial charge in [-0.25, -0.2) is 4.79 Å². The number of ketones is 1. The SMILES string of the molecule is O=C(O)C(=O)CC1(COc2cc(C(F)(F)F)ccc2-c2cc(=O)c3cccc(Cl)c3o2)CC1. The summed E-state index contributed by atoms with van der Waals surface area (Å²) in [6.45, 7) is -0.168. The lowest BCUT2D eigenvalue weighted by molar-refractivity contribution is -0.149. The van der Waals surface area contributed by atoms with Gasteiger partial charge in [-0.1, -0.05) is 17.7 Å². The fourth-order valence-corrected chi connectivity index (χ4v) is 3.71. The van der Waals surface area contributed by atoms with E-state index in [1.165, 1.54) is 12.1 Å². The number of carboxylic acid groups (broad SMARTS) is 1. The Labute approximate surface area is 189 Å². The third kappa shape index (κ3) is 4.73. The second-order valence-corrected chi connectivity index (χ2v) is 8.40. The molecule has 4 rings (SSSR count). The van der Waals surface area contributed by atoms with Gasteiger partial charge in [0.25, 0.3) is 0 Å². The number of aliphatic carboxylic acids is 1. The summed E-state index contributed by atoms with van der Waals surface area (Å²) in [5.74, 6) is -2.82. The van der Waals surface area contributed by atoms with Crippen LogP contribution in [0.5, 0.6) is 5.75 Å². The number of alkyl halides is 3. The molecule has 6 nitrogen and oxygen atoms in total. The monoisotopic (exact) mass is 480 g/mol. The average molecular weight is 481 g/mol. The number of carbonyl (C=O) groups is 2. The predicted octanol–water partition coefficient (Wildman–Crippen LogP) is 5.34. The van der Waals surface area contributed by atoms with Crippen molar-refractivity contribution in [2.75, 3.05) is 6.61 Å². The maximum absolute atomic E-state index is 13.3. The molecule has 172 valence electrons. The van der Waals surface area contributed by atoms with Crippen LogP contribution in [0.15, 0.2) is 51.7 Å². The van der Waals surface area contributed by atoms with Crippen molar-refractivity contribution in [1.82, 2.24) is 0 Å². The number of fused-ring (bicyclic) bond motifs is 1. The van der Waals surface area contributed by atoms with Crippen LogP contribution in [-0.4, -0.2) is 23.5 Å². The van der Waals surface area contributed by atoms with Crippen LogP contribution in [0, 0.1) is 5.41 Å². The minimum atomic E-state index is -4.65. The molecule has 0 saturated heterocycles. The minimum absolute atomic E-state index is 0.0456. The van der Waals surface area contributed by atoms with Crippen LogP contribution >= 0.6 is 11.6 Å². The van der Waals surface area contributed by atoms with Gasteiger partial charge in [0.05, 0.1) is 28.1 Å². The fourth-order valence-electron chi connectivity index (χ4n) is 3.49. The number of Topliss-reactive ketones (excluding diaryl/α,β-unsaturated/α-hetero) is 1. The smallest absolute Gasteiger partial charge is 0.416 e. The zero-order valence-corrected chi connectivity index (χ0v) is 17.6. The predicted molar refractivity (Wildman–Crippen MR) is 112 cm³/mol. The molecule has 2 aromatic carbocycles. The van der Waals surface area contributed by atoms with Crippen molar-refractivity contribution < 1.29 is 37.0 Å². The molecule has 1 aliphatic rings. The Kier molecular flexibility index (Phi) is 5.69. The summed E-state index contributed by atoms with van der Waals surface area (Å²) in [6.07, 6.45) is -3.93. The third-order valence-corrected chi connectivity index (χ3v) is 5.84. The van der Waals surface area contributed by atoms with E-state index < -0.39 is 34.3 Å². The molecule has 1 aliphatic carbocycles. The number of halogens is 4. The van der Waals surface area contributed by atoms with E-state index in [1.54, 1.807) is 6.07 Å². The Morgan fingerprint density at radius 1 is 1.15 bits per heavy atom. The lowest BCUT2D eigenvalue weighted by Gasteiger charge is -2.18. The van der Waals surface area contributed by atoms with E-state index in [9.17, 15) is 27.6 Å². The Morgan fingerprint density at radius 3 is 2.52 bits per heavy atom. The molecule has 0 radical (unpaired) electrons. The number of benzene rings is 2. The summed E-state index contributed by atoms with van der Waals surface area (Å²) in [6, 6.07) is 8.47. The molecular weight excluding hydrogens is 465 g/mol. The topological polar surface area (TPSA) is 93.8 Å². The number of rotatable bonds is 7. The lowest BCUT2D eigenvalue weighted by Crippen LogP contribution is -2.22. The molecule has 0 spiro atoms. The molecule has 0 atom stereocenters. The van der Waals surface area contributed by atoms with Crippen LogP contribution in [-0.2, 0) is 15.8 Å². The molecule has 1 N–H and O–H groups in total. The van der Waals surface area contributed by atoms with Crippen molar-refractivity contribution in [1.29, 1.82) is 0 Å². The Hall–Kier alpha value is -3.33. The van der Waals surface area contributed by atoms with Crippen LogP contribution in [0.3, 0.4) is 0 Å². The summed E-state index contributed by atoms with van der Waals surface area (Å²) in [7, 11) is 0. The highest BCUT2D eigenvalue weighted by molar-refractivity contribution is 6.34. The van der Waals surface area contributed by atoms with E-state index >= 15 is 0 Å². The molecule has 3 aromatic rings. The van der Waals surface area contributed by atoms with Gasteiger partial charge in [0.15, 0.2) is 11.0 Å². The molecule has 0 unspecified atom stereocenters. The molecule has 33 heavy (non-hydrogen) atoms. The largest absolute Gasteiger partial charge is 0.492 e. The molecule has 1 heterocycles. The van der Waals surface area contributed by atoms with Gasteiger partial charge < -0.3 is 14.3 Å². The van der Waals surface area contributed by atoms with Crippen molar-refractivity contribution in [2.24, 2.45) is 5.41 Å². The number of carboxylic acids is 1. The first-order valence-corrected chi connectivity index (χ1v) is 10.2. The highest BCUT2D eigenvalue weighted by Crippen LogP contribution is 2.50. The molecule has 0 amide bonds. The second-order valence-electron chi connectivity index (χ2n) is 7.99. The summed E-state index contributed by atoms with van der Waals surface area (Å²) >= 11 is 6.12. The highest BCUT2D eigenvalue weighted by Gasteiger charge is 2.46. The Balaban J connectivity index is 1.74. The van der Waals surface area contributed by atoms with Crippen molar-refractivity contribution in [2.45, 2.75) is 25.4 Å². The third-order valence-electron chi connectivity index (χ3n) is 5.55. The van der Waals surface area contributed by atoms with E-state index in [2.05, 4.69) is 0 Å². The van der Waals surface area contributed by atoms with Gasteiger partial charge in [0, 0.05) is 17.9 Å². The molecule has 0 aliphatic heterocycles. The second kappa shape index (κ2) is 8.22. The molecule has 1 saturated carbocycles. The fraction of sp³-hybridized carbons (Fsp3) is 0.261. The van der Waals surface area contributed by atoms with Gasteiger partial charge in [-0.15, -0.1) is 0 Å². The van der Waals surface area contributed by atoms with Crippen LogP contribution in [0.4, 0.5) is 13.2 Å². The number of hydrogen-bond donors (Lipinski definition) is 1. The zero-order valence-electron chi connectivity index (χ0n) is 16.9. The Bertz CT molecular complexity index is 1320. The van der Waals surface area contributed by atoms with Crippen molar-refractivity contribution in [3.63, 3.8) is 0 Å². The van der Waals surface area contributed by atoms with Gasteiger partial charge in [0.1, 0.15) is 11.5 Å². The number of carbonyl (C=O) groups excluding carboxylic acids is 1. The van der Waals surface area contributed by atoms with Gasteiger partial charge >= 0.3 is 12.1 Å². The van der Waals surface area contributed by atoms with Gasteiger partial charge in [0.2, 0.25) is 5.78 Å². The summed E-state index contributed by atoms with van der Waals surface area (Å²) in [4.78, 5) is 35.0. The maximum Gasteiger partial charge on any atom is 0.416 e. The highest BCUT2D eigenvalue weighted by atomic mass is 35.5. The van der Waals surface area contributed by atoms with Gasteiger partial charge in [-0.05, 0) is 43.2 Å². The van der Waals surface area contributed by atoms with Crippen LogP contribution in [0.2, 0.25) is 5.02 Å².